The maximum atomic E-state index is 13.0. The summed E-state index contributed by atoms with van der Waals surface area (Å²) >= 11 is 19.4. The lowest BCUT2D eigenvalue weighted by molar-refractivity contribution is 0.0929. The van der Waals surface area contributed by atoms with Gasteiger partial charge in [-0.2, -0.15) is 5.10 Å². The minimum Gasteiger partial charge on any atom is -0.486 e. The second-order valence-electron chi connectivity index (χ2n) is 6.84. The van der Waals surface area contributed by atoms with Crippen molar-refractivity contribution < 1.29 is 18.3 Å². The molecule has 0 aliphatic heterocycles. The highest BCUT2D eigenvalue weighted by atomic mass is 79.9. The SMILES string of the molecule is O=C(N/N=C\c1cc(Cl)c(OCc2ccc(F)cc2)c(Cl)c1)c1cc2cc(Br)cc(Br)c2o1. The Kier molecular flexibility index (Phi) is 7.38. The van der Waals surface area contributed by atoms with E-state index in [-0.39, 0.29) is 28.2 Å². The molecule has 0 aliphatic rings. The van der Waals surface area contributed by atoms with Crippen LogP contribution in [0, 0.1) is 5.82 Å². The van der Waals surface area contributed by atoms with Crippen molar-refractivity contribution in [2.24, 2.45) is 5.10 Å². The van der Waals surface area contributed by atoms with Crippen molar-refractivity contribution in [3.63, 3.8) is 0 Å². The molecule has 0 fully saturated rings. The Balaban J connectivity index is 1.42. The number of benzene rings is 3. The molecule has 0 spiro atoms. The topological polar surface area (TPSA) is 63.8 Å². The summed E-state index contributed by atoms with van der Waals surface area (Å²) in [6.45, 7) is 0.174. The Morgan fingerprint density at radius 3 is 2.48 bits per heavy atom. The summed E-state index contributed by atoms with van der Waals surface area (Å²) in [4.78, 5) is 12.4. The van der Waals surface area contributed by atoms with Gasteiger partial charge in [0.15, 0.2) is 11.5 Å². The fourth-order valence-electron chi connectivity index (χ4n) is 2.94. The van der Waals surface area contributed by atoms with Crippen LogP contribution < -0.4 is 10.2 Å². The van der Waals surface area contributed by atoms with Crippen molar-refractivity contribution in [2.45, 2.75) is 6.61 Å². The van der Waals surface area contributed by atoms with E-state index in [1.165, 1.54) is 18.3 Å². The largest absolute Gasteiger partial charge is 0.486 e. The Morgan fingerprint density at radius 1 is 1.09 bits per heavy atom. The standard InChI is InChI=1S/C23H13Br2Cl2FN2O3/c24-15-7-14-8-20(33-21(14)17(25)9-15)23(31)30-29-10-13-5-18(26)22(19(27)6-13)32-11-12-1-3-16(28)4-2-12/h1-10H,11H2,(H,30,31)/b29-10-. The van der Waals surface area contributed by atoms with Crippen LogP contribution >= 0.6 is 55.1 Å². The van der Waals surface area contributed by atoms with Crippen LogP contribution in [0.15, 0.2) is 73.1 Å². The number of halogens is 5. The molecule has 1 aromatic heterocycles. The summed E-state index contributed by atoms with van der Waals surface area (Å²) in [5, 5.41) is 5.24. The van der Waals surface area contributed by atoms with Gasteiger partial charge in [-0.25, -0.2) is 9.82 Å². The fourth-order valence-corrected chi connectivity index (χ4v) is 4.89. The predicted octanol–water partition coefficient (Wildman–Crippen LogP) is 7.75. The quantitative estimate of drug-likeness (QED) is 0.178. The van der Waals surface area contributed by atoms with E-state index in [2.05, 4.69) is 42.4 Å². The van der Waals surface area contributed by atoms with Gasteiger partial charge in [-0.3, -0.25) is 4.79 Å². The molecule has 0 saturated heterocycles. The molecule has 4 aromatic rings. The number of hydrogen-bond acceptors (Lipinski definition) is 4. The molecule has 4 rings (SSSR count). The molecular formula is C23H13Br2Cl2FN2O3. The van der Waals surface area contributed by atoms with E-state index in [0.717, 1.165) is 19.9 Å². The van der Waals surface area contributed by atoms with Gasteiger partial charge in [0.1, 0.15) is 18.0 Å². The van der Waals surface area contributed by atoms with Crippen LogP contribution in [0.5, 0.6) is 5.75 Å². The molecule has 1 N–H and O–H groups in total. The van der Waals surface area contributed by atoms with Gasteiger partial charge in [0.2, 0.25) is 0 Å². The van der Waals surface area contributed by atoms with Crippen molar-refractivity contribution >= 4 is 78.2 Å². The molecule has 0 atom stereocenters. The van der Waals surface area contributed by atoms with Gasteiger partial charge in [-0.05, 0) is 69.5 Å². The number of hydrazone groups is 1. The average Bonchev–Trinajstić information content (AvgIpc) is 3.19. The lowest BCUT2D eigenvalue weighted by atomic mass is 10.2. The molecule has 0 saturated carbocycles. The molecule has 3 aromatic carbocycles. The van der Waals surface area contributed by atoms with Crippen molar-refractivity contribution in [1.29, 1.82) is 0 Å². The smallest absolute Gasteiger partial charge is 0.307 e. The molecule has 10 heteroatoms. The second kappa shape index (κ2) is 10.3. The van der Waals surface area contributed by atoms with Crippen molar-refractivity contribution in [2.75, 3.05) is 0 Å². The first kappa shape index (κ1) is 23.8. The summed E-state index contributed by atoms with van der Waals surface area (Å²) in [6.07, 6.45) is 1.40. The summed E-state index contributed by atoms with van der Waals surface area (Å²) < 4.78 is 25.9. The van der Waals surface area contributed by atoms with E-state index in [4.69, 9.17) is 32.4 Å². The zero-order valence-electron chi connectivity index (χ0n) is 16.5. The van der Waals surface area contributed by atoms with E-state index in [9.17, 15) is 9.18 Å². The monoisotopic (exact) mass is 612 g/mol. The summed E-state index contributed by atoms with van der Waals surface area (Å²) in [7, 11) is 0. The number of ether oxygens (including phenoxy) is 1. The molecule has 1 heterocycles. The van der Waals surface area contributed by atoms with Gasteiger partial charge in [-0.1, -0.05) is 51.3 Å². The number of furan rings is 1. The number of rotatable bonds is 6. The summed E-state index contributed by atoms with van der Waals surface area (Å²) in [5.41, 5.74) is 4.28. The molecule has 33 heavy (non-hydrogen) atoms. The lowest BCUT2D eigenvalue weighted by Crippen LogP contribution is -2.16. The van der Waals surface area contributed by atoms with Crippen LogP contribution in [-0.2, 0) is 6.61 Å². The minimum atomic E-state index is -0.512. The van der Waals surface area contributed by atoms with Gasteiger partial charge in [0.25, 0.3) is 0 Å². The number of hydrogen-bond donors (Lipinski definition) is 1. The molecule has 1 amide bonds. The Labute approximate surface area is 214 Å². The minimum absolute atomic E-state index is 0.113. The van der Waals surface area contributed by atoms with Crippen LogP contribution in [0.3, 0.4) is 0 Å². The number of amides is 1. The predicted molar refractivity (Wildman–Crippen MR) is 134 cm³/mol. The number of fused-ring (bicyclic) bond motifs is 1. The molecule has 168 valence electrons. The van der Waals surface area contributed by atoms with Crippen LogP contribution in [0.1, 0.15) is 21.7 Å². The Hall–Kier alpha value is -2.39. The highest BCUT2D eigenvalue weighted by Crippen LogP contribution is 2.34. The number of carbonyl (C=O) groups is 1. The Morgan fingerprint density at radius 2 is 1.79 bits per heavy atom. The van der Waals surface area contributed by atoms with Gasteiger partial charge in [-0.15, -0.1) is 0 Å². The highest BCUT2D eigenvalue weighted by Gasteiger charge is 2.14. The second-order valence-corrected chi connectivity index (χ2v) is 9.43. The summed E-state index contributed by atoms with van der Waals surface area (Å²) in [6, 6.07) is 14.4. The number of nitrogens with one attached hydrogen (secondary N) is 1. The molecular weight excluding hydrogens is 602 g/mol. The van der Waals surface area contributed by atoms with Crippen molar-refractivity contribution in [3.8, 4) is 5.75 Å². The third-order valence-electron chi connectivity index (χ3n) is 4.46. The maximum absolute atomic E-state index is 13.0. The van der Waals surface area contributed by atoms with Crippen LogP contribution in [-0.4, -0.2) is 12.1 Å². The first-order valence-electron chi connectivity index (χ1n) is 9.38. The first-order chi connectivity index (χ1) is 15.8. The lowest BCUT2D eigenvalue weighted by Gasteiger charge is -2.11. The van der Waals surface area contributed by atoms with Crippen molar-refractivity contribution in [1.82, 2.24) is 5.43 Å². The van der Waals surface area contributed by atoms with Crippen LogP contribution in [0.25, 0.3) is 11.0 Å². The average molecular weight is 615 g/mol. The van der Waals surface area contributed by atoms with E-state index >= 15 is 0 Å². The Bertz CT molecular complexity index is 1350. The van der Waals surface area contributed by atoms with Gasteiger partial charge >= 0.3 is 5.91 Å². The van der Waals surface area contributed by atoms with E-state index in [1.54, 1.807) is 30.3 Å². The van der Waals surface area contributed by atoms with E-state index in [0.29, 0.717) is 16.9 Å². The number of carbonyl (C=O) groups excluding carboxylic acids is 1. The number of nitrogens with zero attached hydrogens (tertiary/aromatic N) is 1. The van der Waals surface area contributed by atoms with Crippen LogP contribution in [0.4, 0.5) is 4.39 Å². The van der Waals surface area contributed by atoms with Crippen molar-refractivity contribution in [3.05, 3.63) is 96.3 Å². The highest BCUT2D eigenvalue weighted by molar-refractivity contribution is 9.11. The molecule has 0 aliphatic carbocycles. The van der Waals surface area contributed by atoms with Gasteiger partial charge in [0.05, 0.1) is 20.7 Å². The molecule has 0 radical (unpaired) electrons. The van der Waals surface area contributed by atoms with E-state index < -0.39 is 5.91 Å². The van der Waals surface area contributed by atoms with E-state index in [1.807, 2.05) is 12.1 Å². The molecule has 5 nitrogen and oxygen atoms in total. The normalized spacial score (nSPS) is 11.3. The fraction of sp³-hybridized carbons (Fsp3) is 0.0435. The van der Waals surface area contributed by atoms with Gasteiger partial charge < -0.3 is 9.15 Å². The van der Waals surface area contributed by atoms with Gasteiger partial charge in [0, 0.05) is 9.86 Å². The molecule has 0 unspecified atom stereocenters. The first-order valence-corrected chi connectivity index (χ1v) is 11.7. The third-order valence-corrected chi connectivity index (χ3v) is 6.06. The van der Waals surface area contributed by atoms with Crippen LogP contribution in [0.2, 0.25) is 10.0 Å². The molecule has 0 bridgehead atoms. The zero-order valence-corrected chi connectivity index (χ0v) is 21.2. The summed E-state index contributed by atoms with van der Waals surface area (Å²) in [5.74, 6) is -0.432. The zero-order chi connectivity index (χ0) is 23.5. The third kappa shape index (κ3) is 5.76. The maximum Gasteiger partial charge on any atom is 0.307 e.